The minimum atomic E-state index is 0.305. The second-order valence-electron chi connectivity index (χ2n) is 7.89. The van der Waals surface area contributed by atoms with Crippen LogP contribution < -0.4 is 4.90 Å². The van der Waals surface area contributed by atoms with Gasteiger partial charge in [0, 0.05) is 54.6 Å². The lowest BCUT2D eigenvalue weighted by molar-refractivity contribution is -0.138. The summed E-state index contributed by atoms with van der Waals surface area (Å²) in [6.07, 6.45) is 6.74. The number of pyridine rings is 1. The Labute approximate surface area is 138 Å². The van der Waals surface area contributed by atoms with E-state index in [2.05, 4.69) is 40.8 Å². The van der Waals surface area contributed by atoms with E-state index in [1.807, 2.05) is 0 Å². The lowest BCUT2D eigenvalue weighted by Gasteiger charge is -2.49. The Morgan fingerprint density at radius 2 is 1.87 bits per heavy atom. The number of amides is 1. The molecule has 4 heteroatoms. The average Bonchev–Trinajstić information content (AvgIpc) is 3.34. The van der Waals surface area contributed by atoms with E-state index < -0.39 is 0 Å². The van der Waals surface area contributed by atoms with Crippen molar-refractivity contribution in [3.05, 3.63) is 23.5 Å². The van der Waals surface area contributed by atoms with E-state index in [1.54, 1.807) is 0 Å². The van der Waals surface area contributed by atoms with Gasteiger partial charge >= 0.3 is 0 Å². The first-order valence-corrected chi connectivity index (χ1v) is 9.04. The number of hydrogen-bond acceptors (Lipinski definition) is 3. The minimum Gasteiger partial charge on any atom is -0.371 e. The van der Waals surface area contributed by atoms with Crippen LogP contribution in [0.15, 0.2) is 12.1 Å². The van der Waals surface area contributed by atoms with Crippen LogP contribution in [0.5, 0.6) is 0 Å². The summed E-state index contributed by atoms with van der Waals surface area (Å²) in [4.78, 5) is 21.5. The topological polar surface area (TPSA) is 36.4 Å². The van der Waals surface area contributed by atoms with Crippen LogP contribution in [-0.4, -0.2) is 41.5 Å². The van der Waals surface area contributed by atoms with Crippen molar-refractivity contribution in [3.63, 3.8) is 0 Å². The Morgan fingerprint density at radius 3 is 2.57 bits per heavy atom. The van der Waals surface area contributed by atoms with Gasteiger partial charge in [0.1, 0.15) is 0 Å². The fraction of sp³-hybridized carbons (Fsp3) is 0.684. The number of piperidine rings is 2. The van der Waals surface area contributed by atoms with Crippen LogP contribution in [0.1, 0.15) is 49.9 Å². The van der Waals surface area contributed by atoms with Crippen molar-refractivity contribution in [2.45, 2.75) is 58.4 Å². The normalized spacial score (nSPS) is 28.5. The molecule has 1 aromatic heterocycles. The Hall–Kier alpha value is -1.58. The molecule has 1 spiro atoms. The van der Waals surface area contributed by atoms with E-state index >= 15 is 0 Å². The Bertz CT molecular complexity index is 605. The highest BCUT2D eigenvalue weighted by molar-refractivity contribution is 5.78. The van der Waals surface area contributed by atoms with Crippen LogP contribution in [0.2, 0.25) is 0 Å². The van der Waals surface area contributed by atoms with Crippen LogP contribution in [-0.2, 0) is 4.79 Å². The summed E-state index contributed by atoms with van der Waals surface area (Å²) in [7, 11) is 0. The molecule has 3 fully saturated rings. The molecule has 1 aliphatic carbocycles. The lowest BCUT2D eigenvalue weighted by atomic mass is 9.73. The van der Waals surface area contributed by atoms with Gasteiger partial charge in [-0.25, -0.2) is 0 Å². The van der Waals surface area contributed by atoms with Gasteiger partial charge in [0.25, 0.3) is 0 Å². The molecule has 0 bridgehead atoms. The first-order chi connectivity index (χ1) is 11.0. The van der Waals surface area contributed by atoms with Crippen molar-refractivity contribution in [1.82, 2.24) is 9.88 Å². The highest BCUT2D eigenvalue weighted by Gasteiger charge is 2.45. The molecular formula is C19H27N3O. The average molecular weight is 313 g/mol. The van der Waals surface area contributed by atoms with Gasteiger partial charge in [0.05, 0.1) is 0 Å². The molecule has 3 aliphatic rings. The van der Waals surface area contributed by atoms with Gasteiger partial charge in [0.2, 0.25) is 5.91 Å². The molecule has 1 saturated carbocycles. The monoisotopic (exact) mass is 313 g/mol. The summed E-state index contributed by atoms with van der Waals surface area (Å²) >= 11 is 0. The second kappa shape index (κ2) is 5.50. The molecule has 4 nitrogen and oxygen atoms in total. The first kappa shape index (κ1) is 15.0. The van der Waals surface area contributed by atoms with E-state index in [9.17, 15) is 4.79 Å². The molecule has 0 N–H and O–H groups in total. The highest BCUT2D eigenvalue weighted by Crippen LogP contribution is 2.43. The molecule has 3 heterocycles. The van der Waals surface area contributed by atoms with Crippen LogP contribution in [0.3, 0.4) is 0 Å². The smallest absolute Gasteiger partial charge is 0.222 e. The number of aryl methyl sites for hydroxylation is 2. The van der Waals surface area contributed by atoms with Crippen molar-refractivity contribution < 1.29 is 4.79 Å². The molecule has 1 amide bonds. The van der Waals surface area contributed by atoms with Gasteiger partial charge in [-0.3, -0.25) is 9.78 Å². The van der Waals surface area contributed by atoms with Gasteiger partial charge < -0.3 is 9.80 Å². The molecule has 1 aromatic rings. The van der Waals surface area contributed by atoms with Gasteiger partial charge in [-0.15, -0.1) is 0 Å². The van der Waals surface area contributed by atoms with Crippen molar-refractivity contribution in [2.24, 2.45) is 5.41 Å². The number of nitrogens with zero attached hydrogens (tertiary/aromatic N) is 3. The fourth-order valence-corrected chi connectivity index (χ4v) is 4.52. The van der Waals surface area contributed by atoms with E-state index in [4.69, 9.17) is 0 Å². The third kappa shape index (κ3) is 2.96. The quantitative estimate of drug-likeness (QED) is 0.842. The minimum absolute atomic E-state index is 0.305. The predicted octanol–water partition coefficient (Wildman–Crippen LogP) is 3.07. The molecule has 4 rings (SSSR count). The standard InChI is InChI=1S/C19H27N3O/c1-14-10-17(11-15(2)20-14)21-9-3-7-19(12-21)8-6-18(23)22(13-19)16-4-5-16/h10-11,16H,3-9,12-13H2,1-2H3. The zero-order chi connectivity index (χ0) is 16.0. The predicted molar refractivity (Wildman–Crippen MR) is 91.6 cm³/mol. The number of likely N-dealkylation sites (tertiary alicyclic amines) is 1. The SMILES string of the molecule is Cc1cc(N2CCCC3(CCC(=O)N(C4CC4)C3)C2)cc(C)n1. The first-order valence-electron chi connectivity index (χ1n) is 9.04. The summed E-state index contributed by atoms with van der Waals surface area (Å²) < 4.78 is 0. The Balaban J connectivity index is 1.55. The number of carbonyl (C=O) groups is 1. The zero-order valence-corrected chi connectivity index (χ0v) is 14.3. The third-order valence-corrected chi connectivity index (χ3v) is 5.78. The molecule has 2 saturated heterocycles. The Kier molecular flexibility index (Phi) is 3.58. The lowest BCUT2D eigenvalue weighted by Crippen LogP contribution is -2.54. The number of rotatable bonds is 2. The van der Waals surface area contributed by atoms with Gasteiger partial charge in [-0.1, -0.05) is 0 Å². The maximum absolute atomic E-state index is 12.2. The van der Waals surface area contributed by atoms with Crippen LogP contribution in [0.4, 0.5) is 5.69 Å². The molecule has 0 radical (unpaired) electrons. The summed E-state index contributed by atoms with van der Waals surface area (Å²) in [5.74, 6) is 0.394. The molecular weight excluding hydrogens is 286 g/mol. The van der Waals surface area contributed by atoms with Crippen molar-refractivity contribution in [1.29, 1.82) is 0 Å². The second-order valence-corrected chi connectivity index (χ2v) is 7.89. The zero-order valence-electron chi connectivity index (χ0n) is 14.3. The van der Waals surface area contributed by atoms with E-state index in [1.165, 1.54) is 31.4 Å². The molecule has 0 aromatic carbocycles. The highest BCUT2D eigenvalue weighted by atomic mass is 16.2. The number of anilines is 1. The summed E-state index contributed by atoms with van der Waals surface area (Å²) in [5.41, 5.74) is 3.81. The molecule has 2 aliphatic heterocycles. The van der Waals surface area contributed by atoms with Crippen molar-refractivity contribution >= 4 is 11.6 Å². The largest absolute Gasteiger partial charge is 0.371 e. The van der Waals surface area contributed by atoms with Gasteiger partial charge in [-0.2, -0.15) is 0 Å². The summed E-state index contributed by atoms with van der Waals surface area (Å²) in [5, 5.41) is 0. The maximum atomic E-state index is 12.2. The molecule has 124 valence electrons. The fourth-order valence-electron chi connectivity index (χ4n) is 4.52. The molecule has 23 heavy (non-hydrogen) atoms. The molecule has 1 atom stereocenters. The van der Waals surface area contributed by atoms with E-state index in [0.29, 0.717) is 17.4 Å². The van der Waals surface area contributed by atoms with Crippen LogP contribution >= 0.6 is 0 Å². The number of carbonyl (C=O) groups excluding carboxylic acids is 1. The van der Waals surface area contributed by atoms with Crippen LogP contribution in [0.25, 0.3) is 0 Å². The van der Waals surface area contributed by atoms with E-state index in [-0.39, 0.29) is 0 Å². The van der Waals surface area contributed by atoms with Crippen molar-refractivity contribution in [3.8, 4) is 0 Å². The summed E-state index contributed by atoms with van der Waals surface area (Å²) in [6.45, 7) is 7.35. The third-order valence-electron chi connectivity index (χ3n) is 5.78. The number of hydrogen-bond donors (Lipinski definition) is 0. The van der Waals surface area contributed by atoms with Gasteiger partial charge in [-0.05, 0) is 58.1 Å². The molecule has 1 unspecified atom stereocenters. The van der Waals surface area contributed by atoms with Crippen LogP contribution in [0, 0.1) is 19.3 Å². The van der Waals surface area contributed by atoms with Gasteiger partial charge in [0.15, 0.2) is 0 Å². The van der Waals surface area contributed by atoms with E-state index in [0.717, 1.165) is 43.9 Å². The Morgan fingerprint density at radius 1 is 1.13 bits per heavy atom. The number of aromatic nitrogens is 1. The maximum Gasteiger partial charge on any atom is 0.222 e. The summed E-state index contributed by atoms with van der Waals surface area (Å²) in [6, 6.07) is 4.97. The van der Waals surface area contributed by atoms with Crippen molar-refractivity contribution in [2.75, 3.05) is 24.5 Å².